The fourth-order valence-electron chi connectivity index (χ4n) is 1.40. The number of amides is 1. The van der Waals surface area contributed by atoms with E-state index >= 15 is 0 Å². The first-order chi connectivity index (χ1) is 9.00. The standard InChI is InChI=1S/C12H6BrCl2FN2O/c13-7-4-8(14)10(15)11(16)9(7)12(19)18-6-2-1-3-17-5-6/h1-5H,(H,18,19). The Kier molecular flexibility index (Phi) is 4.39. The lowest BCUT2D eigenvalue weighted by Gasteiger charge is -2.09. The van der Waals surface area contributed by atoms with E-state index in [9.17, 15) is 9.18 Å². The molecule has 1 aromatic heterocycles. The molecule has 1 aromatic carbocycles. The quantitative estimate of drug-likeness (QED) is 0.628. The number of nitrogens with one attached hydrogen (secondary N) is 1. The molecule has 1 heterocycles. The molecule has 0 aliphatic rings. The van der Waals surface area contributed by atoms with Gasteiger partial charge in [0.25, 0.3) is 5.91 Å². The number of hydrogen-bond donors (Lipinski definition) is 1. The Labute approximate surface area is 126 Å². The lowest BCUT2D eigenvalue weighted by Crippen LogP contribution is -2.15. The number of benzene rings is 1. The van der Waals surface area contributed by atoms with Gasteiger partial charge in [-0.15, -0.1) is 0 Å². The van der Waals surface area contributed by atoms with Crippen LogP contribution >= 0.6 is 39.1 Å². The van der Waals surface area contributed by atoms with E-state index in [4.69, 9.17) is 23.2 Å². The Bertz CT molecular complexity index is 637. The van der Waals surface area contributed by atoms with Crippen LogP contribution < -0.4 is 5.32 Å². The van der Waals surface area contributed by atoms with Gasteiger partial charge < -0.3 is 5.32 Å². The van der Waals surface area contributed by atoms with Crippen molar-refractivity contribution in [2.75, 3.05) is 5.32 Å². The van der Waals surface area contributed by atoms with Gasteiger partial charge in [-0.05, 0) is 34.1 Å². The van der Waals surface area contributed by atoms with E-state index in [1.165, 1.54) is 12.3 Å². The molecule has 0 saturated carbocycles. The molecule has 0 bridgehead atoms. The average Bonchev–Trinajstić information content (AvgIpc) is 2.37. The molecule has 0 atom stereocenters. The minimum absolute atomic E-state index is 0.0315. The molecule has 2 aromatic rings. The van der Waals surface area contributed by atoms with Crippen LogP contribution in [0.3, 0.4) is 0 Å². The third-order valence-electron chi connectivity index (χ3n) is 2.26. The van der Waals surface area contributed by atoms with Crippen molar-refractivity contribution >= 4 is 50.7 Å². The van der Waals surface area contributed by atoms with Gasteiger partial charge in [0.1, 0.15) is 0 Å². The van der Waals surface area contributed by atoms with E-state index < -0.39 is 11.7 Å². The molecule has 1 amide bonds. The van der Waals surface area contributed by atoms with Crippen LogP contribution in [0.25, 0.3) is 0 Å². The molecular weight excluding hydrogens is 358 g/mol. The van der Waals surface area contributed by atoms with Crippen molar-refractivity contribution in [3.8, 4) is 0 Å². The molecule has 0 aliphatic heterocycles. The first kappa shape index (κ1) is 14.2. The summed E-state index contributed by atoms with van der Waals surface area (Å²) in [5.41, 5.74) is 0.239. The van der Waals surface area contributed by atoms with Gasteiger partial charge in [0.15, 0.2) is 5.82 Å². The predicted molar refractivity (Wildman–Crippen MR) is 76.3 cm³/mol. The lowest BCUT2D eigenvalue weighted by molar-refractivity contribution is 0.102. The molecule has 3 nitrogen and oxygen atoms in total. The summed E-state index contributed by atoms with van der Waals surface area (Å²) in [7, 11) is 0. The van der Waals surface area contributed by atoms with Crippen molar-refractivity contribution in [1.29, 1.82) is 0 Å². The molecule has 0 aliphatic carbocycles. The maximum Gasteiger partial charge on any atom is 0.259 e. The second-order valence-corrected chi connectivity index (χ2v) is 5.18. The number of aromatic nitrogens is 1. The molecule has 98 valence electrons. The van der Waals surface area contributed by atoms with E-state index in [2.05, 4.69) is 26.2 Å². The number of carbonyl (C=O) groups excluding carboxylic acids is 1. The molecule has 0 fully saturated rings. The first-order valence-electron chi connectivity index (χ1n) is 5.05. The van der Waals surface area contributed by atoms with Crippen LogP contribution in [0, 0.1) is 5.82 Å². The highest BCUT2D eigenvalue weighted by Crippen LogP contribution is 2.33. The van der Waals surface area contributed by atoms with Crippen molar-refractivity contribution in [1.82, 2.24) is 4.98 Å². The molecular formula is C12H6BrCl2FN2O. The van der Waals surface area contributed by atoms with Crippen LogP contribution in [0.4, 0.5) is 10.1 Å². The van der Waals surface area contributed by atoms with Gasteiger partial charge in [-0.25, -0.2) is 4.39 Å². The summed E-state index contributed by atoms with van der Waals surface area (Å²) >= 11 is 14.5. The number of nitrogens with zero attached hydrogens (tertiary/aromatic N) is 1. The van der Waals surface area contributed by atoms with Gasteiger partial charge >= 0.3 is 0 Å². The predicted octanol–water partition coefficient (Wildman–Crippen LogP) is 4.54. The zero-order valence-corrected chi connectivity index (χ0v) is 12.4. The maximum absolute atomic E-state index is 14.0. The van der Waals surface area contributed by atoms with Gasteiger partial charge in [0, 0.05) is 10.7 Å². The zero-order chi connectivity index (χ0) is 14.0. The van der Waals surface area contributed by atoms with Crippen molar-refractivity contribution in [3.05, 3.63) is 56.5 Å². The second kappa shape index (κ2) is 5.86. The van der Waals surface area contributed by atoms with Gasteiger partial charge in [0.05, 0.1) is 27.5 Å². The first-order valence-corrected chi connectivity index (χ1v) is 6.60. The van der Waals surface area contributed by atoms with Crippen molar-refractivity contribution < 1.29 is 9.18 Å². The lowest BCUT2D eigenvalue weighted by atomic mass is 10.2. The van der Waals surface area contributed by atoms with E-state index in [1.54, 1.807) is 18.3 Å². The largest absolute Gasteiger partial charge is 0.320 e. The number of carbonyl (C=O) groups is 1. The Hall–Kier alpha value is -1.17. The molecule has 0 saturated heterocycles. The number of halogens is 4. The highest BCUT2D eigenvalue weighted by atomic mass is 79.9. The fourth-order valence-corrected chi connectivity index (χ4v) is 2.46. The monoisotopic (exact) mass is 362 g/mol. The van der Waals surface area contributed by atoms with Crippen molar-refractivity contribution in [3.63, 3.8) is 0 Å². The summed E-state index contributed by atoms with van der Waals surface area (Å²) in [4.78, 5) is 15.8. The third-order valence-corrected chi connectivity index (χ3v) is 3.65. The third kappa shape index (κ3) is 3.05. The Morgan fingerprint density at radius 1 is 1.42 bits per heavy atom. The summed E-state index contributed by atoms with van der Waals surface area (Å²) in [6.07, 6.45) is 3.01. The highest BCUT2D eigenvalue weighted by molar-refractivity contribution is 9.10. The molecule has 2 rings (SSSR count). The van der Waals surface area contributed by atoms with Crippen LogP contribution in [-0.2, 0) is 0 Å². The van der Waals surface area contributed by atoms with Crippen LogP contribution in [0.2, 0.25) is 10.0 Å². The molecule has 1 N–H and O–H groups in total. The molecule has 0 radical (unpaired) electrons. The van der Waals surface area contributed by atoms with Crippen LogP contribution in [-0.4, -0.2) is 10.9 Å². The second-order valence-electron chi connectivity index (χ2n) is 3.54. The van der Waals surface area contributed by atoms with Crippen molar-refractivity contribution in [2.45, 2.75) is 0 Å². The Morgan fingerprint density at radius 2 is 2.16 bits per heavy atom. The maximum atomic E-state index is 14.0. The summed E-state index contributed by atoms with van der Waals surface area (Å²) in [5, 5.41) is 2.25. The topological polar surface area (TPSA) is 42.0 Å². The highest BCUT2D eigenvalue weighted by Gasteiger charge is 2.21. The van der Waals surface area contributed by atoms with Gasteiger partial charge in [-0.3, -0.25) is 9.78 Å². The van der Waals surface area contributed by atoms with Crippen LogP contribution in [0.1, 0.15) is 10.4 Å². The smallest absolute Gasteiger partial charge is 0.259 e. The van der Waals surface area contributed by atoms with Gasteiger partial charge in [-0.2, -0.15) is 0 Å². The normalized spacial score (nSPS) is 10.3. The van der Waals surface area contributed by atoms with E-state index in [1.807, 2.05) is 0 Å². The summed E-state index contributed by atoms with van der Waals surface area (Å²) < 4.78 is 14.2. The fraction of sp³-hybridized carbons (Fsp3) is 0. The summed E-state index contributed by atoms with van der Waals surface area (Å²) in [6.45, 7) is 0. The zero-order valence-electron chi connectivity index (χ0n) is 9.25. The Balaban J connectivity index is 2.37. The minimum atomic E-state index is -0.873. The van der Waals surface area contributed by atoms with Crippen LogP contribution in [0.5, 0.6) is 0 Å². The molecule has 0 spiro atoms. The number of rotatable bonds is 2. The van der Waals surface area contributed by atoms with Crippen molar-refractivity contribution in [2.24, 2.45) is 0 Å². The summed E-state index contributed by atoms with van der Waals surface area (Å²) in [5.74, 6) is -1.52. The van der Waals surface area contributed by atoms with Gasteiger partial charge in [-0.1, -0.05) is 23.2 Å². The summed E-state index contributed by atoms with van der Waals surface area (Å²) in [6, 6.07) is 4.65. The molecule has 19 heavy (non-hydrogen) atoms. The number of hydrogen-bond acceptors (Lipinski definition) is 2. The molecule has 7 heteroatoms. The average molecular weight is 364 g/mol. The minimum Gasteiger partial charge on any atom is -0.320 e. The SMILES string of the molecule is O=C(Nc1cccnc1)c1c(Br)cc(Cl)c(Cl)c1F. The number of pyridine rings is 1. The van der Waals surface area contributed by atoms with E-state index in [0.717, 1.165) is 0 Å². The molecule has 0 unspecified atom stereocenters. The van der Waals surface area contributed by atoms with Crippen LogP contribution in [0.15, 0.2) is 35.1 Å². The van der Waals surface area contributed by atoms with E-state index in [0.29, 0.717) is 5.69 Å². The Morgan fingerprint density at radius 3 is 2.79 bits per heavy atom. The number of anilines is 1. The van der Waals surface area contributed by atoms with Gasteiger partial charge in [0.2, 0.25) is 0 Å². The van der Waals surface area contributed by atoms with E-state index in [-0.39, 0.29) is 20.1 Å².